The summed E-state index contributed by atoms with van der Waals surface area (Å²) in [4.78, 5) is 49.9. The molecule has 4 aromatic rings. The Morgan fingerprint density at radius 1 is 0.978 bits per heavy atom. The number of nitrogens with zero attached hydrogens (tertiary/aromatic N) is 4. The van der Waals surface area contributed by atoms with Crippen LogP contribution in [0.2, 0.25) is 0 Å². The molecule has 11 nitrogen and oxygen atoms in total. The molecule has 1 fully saturated rings. The summed E-state index contributed by atoms with van der Waals surface area (Å²) in [5.74, 6) is 0.938. The van der Waals surface area contributed by atoms with E-state index in [9.17, 15) is 14.4 Å². The van der Waals surface area contributed by atoms with Gasteiger partial charge in [-0.3, -0.25) is 19.4 Å². The van der Waals surface area contributed by atoms with Crippen LogP contribution in [0.3, 0.4) is 0 Å². The molecule has 2 aromatic carbocycles. The Labute approximate surface area is 267 Å². The summed E-state index contributed by atoms with van der Waals surface area (Å²) >= 11 is 0. The Bertz CT molecular complexity index is 1820. The highest BCUT2D eigenvalue weighted by Gasteiger charge is 2.27. The second-order valence-electron chi connectivity index (χ2n) is 11.5. The third-order valence-corrected chi connectivity index (χ3v) is 7.74. The van der Waals surface area contributed by atoms with Crippen LogP contribution in [0, 0.1) is 0 Å². The summed E-state index contributed by atoms with van der Waals surface area (Å²) in [6.45, 7) is 3.38. The Morgan fingerprint density at radius 2 is 1.78 bits per heavy atom. The second-order valence-corrected chi connectivity index (χ2v) is 11.5. The van der Waals surface area contributed by atoms with Crippen LogP contribution in [0.5, 0.6) is 5.75 Å². The standard InChI is InChI=1S/C35H35N7O4/c1-22-29-18-32(37-21-30(29)28-13-12-27(17-31(28)46-22)42-15-5-7-34(42)44)38-25-16-26(20-36-19-25)40-35(45)23-8-10-24(11-9-23)39-33(43)6-4-14-41(2)3/h4,6,8-13,16-22H,5,7,14-15H2,1-3H3,(H,37,38)(H,39,43)(H,40,45)/b6-4+. The van der Waals surface area contributed by atoms with Crippen molar-refractivity contribution in [1.29, 1.82) is 0 Å². The third kappa shape index (κ3) is 6.89. The average Bonchev–Trinajstić information content (AvgIpc) is 3.47. The van der Waals surface area contributed by atoms with Crippen molar-refractivity contribution < 1.29 is 19.1 Å². The SMILES string of the molecule is CC1Oc2cc(N3CCCC3=O)ccc2-c2cnc(Nc3cncc(NC(=O)c4ccc(NC(=O)/C=C/CN(C)C)cc4)c3)cc21. The Morgan fingerprint density at radius 3 is 2.54 bits per heavy atom. The monoisotopic (exact) mass is 617 g/mol. The molecule has 0 bridgehead atoms. The topological polar surface area (TPSA) is 129 Å². The number of hydrogen-bond acceptors (Lipinski definition) is 8. The minimum Gasteiger partial charge on any atom is -0.485 e. The van der Waals surface area contributed by atoms with E-state index in [-0.39, 0.29) is 23.8 Å². The van der Waals surface area contributed by atoms with E-state index in [1.807, 2.05) is 61.3 Å². The quantitative estimate of drug-likeness (QED) is 0.202. The fourth-order valence-electron chi connectivity index (χ4n) is 5.46. The Balaban J connectivity index is 1.10. The van der Waals surface area contributed by atoms with Gasteiger partial charge in [0, 0.05) is 71.5 Å². The van der Waals surface area contributed by atoms with Crippen LogP contribution in [-0.4, -0.2) is 59.8 Å². The number of amides is 3. The highest BCUT2D eigenvalue weighted by Crippen LogP contribution is 2.44. The number of hydrogen-bond donors (Lipinski definition) is 3. The summed E-state index contributed by atoms with van der Waals surface area (Å²) in [5.41, 5.74) is 5.93. The smallest absolute Gasteiger partial charge is 0.255 e. The number of rotatable bonds is 9. The normalized spacial score (nSPS) is 15.3. The van der Waals surface area contributed by atoms with Gasteiger partial charge in [0.15, 0.2) is 0 Å². The largest absolute Gasteiger partial charge is 0.485 e. The first-order chi connectivity index (χ1) is 22.2. The maximum Gasteiger partial charge on any atom is 0.255 e. The number of aromatic nitrogens is 2. The summed E-state index contributed by atoms with van der Waals surface area (Å²) in [7, 11) is 3.85. The molecule has 0 aliphatic carbocycles. The first-order valence-electron chi connectivity index (χ1n) is 15.1. The van der Waals surface area contributed by atoms with Gasteiger partial charge in [-0.05, 0) is 76.0 Å². The third-order valence-electron chi connectivity index (χ3n) is 7.74. The lowest BCUT2D eigenvalue weighted by molar-refractivity contribution is -0.117. The highest BCUT2D eigenvalue weighted by molar-refractivity contribution is 6.05. The van der Waals surface area contributed by atoms with Gasteiger partial charge in [0.2, 0.25) is 11.8 Å². The molecule has 0 spiro atoms. The number of benzene rings is 2. The molecular formula is C35H35N7O4. The molecule has 3 N–H and O–H groups in total. The number of pyridine rings is 2. The van der Waals surface area contributed by atoms with Crippen LogP contribution in [-0.2, 0) is 9.59 Å². The van der Waals surface area contributed by atoms with Crippen molar-refractivity contribution in [3.8, 4) is 16.9 Å². The van der Waals surface area contributed by atoms with E-state index in [0.717, 1.165) is 41.1 Å². The number of fused-ring (bicyclic) bond motifs is 3. The fraction of sp³-hybridized carbons (Fsp3) is 0.229. The van der Waals surface area contributed by atoms with E-state index in [2.05, 4.69) is 25.9 Å². The molecule has 46 heavy (non-hydrogen) atoms. The minimum absolute atomic E-state index is 0.139. The molecule has 11 heteroatoms. The molecule has 2 aromatic heterocycles. The first kappa shape index (κ1) is 30.5. The molecule has 2 aliphatic rings. The van der Waals surface area contributed by atoms with Crippen LogP contribution in [0.25, 0.3) is 11.1 Å². The minimum atomic E-state index is -0.309. The molecule has 0 saturated carbocycles. The van der Waals surface area contributed by atoms with Crippen LogP contribution in [0.1, 0.15) is 41.8 Å². The second kappa shape index (κ2) is 13.2. The van der Waals surface area contributed by atoms with Gasteiger partial charge >= 0.3 is 0 Å². The van der Waals surface area contributed by atoms with Gasteiger partial charge in [0.1, 0.15) is 17.7 Å². The molecule has 4 heterocycles. The molecule has 1 atom stereocenters. The van der Waals surface area contributed by atoms with Crippen molar-refractivity contribution in [1.82, 2.24) is 14.9 Å². The molecule has 0 radical (unpaired) electrons. The zero-order chi connectivity index (χ0) is 32.2. The predicted molar refractivity (Wildman–Crippen MR) is 179 cm³/mol. The summed E-state index contributed by atoms with van der Waals surface area (Å²) in [6.07, 6.45) is 9.52. The lowest BCUT2D eigenvalue weighted by Crippen LogP contribution is -2.24. The van der Waals surface area contributed by atoms with E-state index >= 15 is 0 Å². The lowest BCUT2D eigenvalue weighted by Gasteiger charge is -2.28. The van der Waals surface area contributed by atoms with E-state index in [1.165, 1.54) is 6.08 Å². The van der Waals surface area contributed by atoms with Crippen LogP contribution >= 0.6 is 0 Å². The average molecular weight is 618 g/mol. The first-order valence-corrected chi connectivity index (χ1v) is 15.1. The van der Waals surface area contributed by atoms with Crippen LogP contribution in [0.15, 0.2) is 85.3 Å². The van der Waals surface area contributed by atoms with Crippen molar-refractivity contribution in [2.45, 2.75) is 25.9 Å². The summed E-state index contributed by atoms with van der Waals surface area (Å²) in [6, 6.07) is 16.3. The molecule has 3 amide bonds. The number of likely N-dealkylation sites (N-methyl/N-ethyl adjacent to an activating group) is 1. The zero-order valence-electron chi connectivity index (χ0n) is 25.9. The van der Waals surface area contributed by atoms with Crippen molar-refractivity contribution in [2.24, 2.45) is 0 Å². The van der Waals surface area contributed by atoms with Crippen molar-refractivity contribution >= 4 is 46.3 Å². The van der Waals surface area contributed by atoms with Crippen molar-refractivity contribution in [2.75, 3.05) is 48.0 Å². The van der Waals surface area contributed by atoms with E-state index in [0.29, 0.717) is 41.4 Å². The molecular weight excluding hydrogens is 582 g/mol. The fourth-order valence-corrected chi connectivity index (χ4v) is 5.46. The van der Waals surface area contributed by atoms with Gasteiger partial charge in [0.05, 0.1) is 23.8 Å². The molecule has 2 aliphatic heterocycles. The Kier molecular flexibility index (Phi) is 8.75. The number of nitrogens with one attached hydrogen (secondary N) is 3. The summed E-state index contributed by atoms with van der Waals surface area (Å²) in [5, 5.41) is 8.93. The number of carbonyl (C=O) groups is 3. The van der Waals surface area contributed by atoms with E-state index in [4.69, 9.17) is 4.74 Å². The van der Waals surface area contributed by atoms with Gasteiger partial charge in [-0.25, -0.2) is 4.98 Å². The predicted octanol–water partition coefficient (Wildman–Crippen LogP) is 5.78. The maximum atomic E-state index is 12.9. The Hall–Kier alpha value is -5.55. The van der Waals surface area contributed by atoms with Gasteiger partial charge in [-0.1, -0.05) is 6.08 Å². The van der Waals surface area contributed by atoms with E-state index < -0.39 is 0 Å². The highest BCUT2D eigenvalue weighted by atomic mass is 16.5. The van der Waals surface area contributed by atoms with Crippen molar-refractivity contribution in [3.05, 3.63) is 96.5 Å². The number of anilines is 5. The van der Waals surface area contributed by atoms with Crippen molar-refractivity contribution in [3.63, 3.8) is 0 Å². The van der Waals surface area contributed by atoms with Crippen LogP contribution in [0.4, 0.5) is 28.6 Å². The lowest BCUT2D eigenvalue weighted by atomic mass is 9.94. The van der Waals surface area contributed by atoms with E-state index in [1.54, 1.807) is 48.8 Å². The number of carbonyl (C=O) groups excluding carboxylic acids is 3. The molecule has 6 rings (SSSR count). The van der Waals surface area contributed by atoms with Crippen LogP contribution < -0.4 is 25.6 Å². The molecule has 234 valence electrons. The van der Waals surface area contributed by atoms with Gasteiger partial charge < -0.3 is 30.5 Å². The van der Waals surface area contributed by atoms with Gasteiger partial charge in [-0.15, -0.1) is 0 Å². The zero-order valence-corrected chi connectivity index (χ0v) is 25.9. The van der Waals surface area contributed by atoms with Gasteiger partial charge in [0.25, 0.3) is 5.91 Å². The van der Waals surface area contributed by atoms with Gasteiger partial charge in [-0.2, -0.15) is 0 Å². The molecule has 1 unspecified atom stereocenters. The molecule has 1 saturated heterocycles. The summed E-state index contributed by atoms with van der Waals surface area (Å²) < 4.78 is 6.27. The maximum absolute atomic E-state index is 12.9. The number of ether oxygens (including phenoxy) is 1.